The summed E-state index contributed by atoms with van der Waals surface area (Å²) in [5, 5.41) is 8.70. The van der Waals surface area contributed by atoms with Crippen molar-refractivity contribution in [2.24, 2.45) is 0 Å². The van der Waals surface area contributed by atoms with Crippen LogP contribution in [0.2, 0.25) is 0 Å². The van der Waals surface area contributed by atoms with Gasteiger partial charge < -0.3 is 10.3 Å². The number of aromatic nitrogens is 6. The molecule has 0 atom stereocenters. The van der Waals surface area contributed by atoms with Crippen LogP contribution in [0.3, 0.4) is 0 Å². The third-order valence-electron chi connectivity index (χ3n) is 3.46. The monoisotopic (exact) mass is 257 g/mol. The molecule has 3 heterocycles. The Hall–Kier alpha value is -2.44. The predicted molar refractivity (Wildman–Crippen MR) is 71.4 cm³/mol. The van der Waals surface area contributed by atoms with Crippen LogP contribution >= 0.6 is 0 Å². The molecular weight excluding hydrogens is 242 g/mol. The van der Waals surface area contributed by atoms with Crippen molar-refractivity contribution < 1.29 is 0 Å². The molecule has 3 rings (SSSR count). The molecule has 0 saturated carbocycles. The predicted octanol–water partition coefficient (Wildman–Crippen LogP) is 0.922. The van der Waals surface area contributed by atoms with Crippen molar-refractivity contribution in [3.63, 3.8) is 0 Å². The molecule has 0 unspecified atom stereocenters. The maximum Gasteiger partial charge on any atom is 0.146 e. The quantitative estimate of drug-likeness (QED) is 0.754. The van der Waals surface area contributed by atoms with Crippen molar-refractivity contribution in [2.75, 3.05) is 5.73 Å². The van der Waals surface area contributed by atoms with E-state index in [9.17, 15) is 0 Å². The highest BCUT2D eigenvalue weighted by atomic mass is 15.4. The second-order valence-electron chi connectivity index (χ2n) is 4.49. The van der Waals surface area contributed by atoms with E-state index in [1.54, 1.807) is 10.9 Å². The molecule has 0 fully saturated rings. The van der Waals surface area contributed by atoms with E-state index in [2.05, 4.69) is 31.8 Å². The first-order valence-electron chi connectivity index (χ1n) is 6.08. The Morgan fingerprint density at radius 2 is 2.05 bits per heavy atom. The molecule has 0 aliphatic heterocycles. The molecule has 0 saturated heterocycles. The summed E-state index contributed by atoms with van der Waals surface area (Å²) < 4.78 is 3.94. The van der Waals surface area contributed by atoms with Crippen LogP contribution in [0.1, 0.15) is 11.3 Å². The lowest BCUT2D eigenvalue weighted by Gasteiger charge is -2.07. The lowest BCUT2D eigenvalue weighted by atomic mass is 10.2. The van der Waals surface area contributed by atoms with E-state index < -0.39 is 0 Å². The minimum Gasteiger partial charge on any atom is -0.383 e. The number of hydrogen-bond acceptors (Lipinski definition) is 5. The number of nitrogens with two attached hydrogens (primary N) is 1. The van der Waals surface area contributed by atoms with Gasteiger partial charge in [0.15, 0.2) is 0 Å². The van der Waals surface area contributed by atoms with Crippen LogP contribution in [0.15, 0.2) is 18.7 Å². The van der Waals surface area contributed by atoms with Crippen molar-refractivity contribution in [2.45, 2.75) is 26.9 Å². The van der Waals surface area contributed by atoms with E-state index >= 15 is 0 Å². The zero-order chi connectivity index (χ0) is 13.4. The summed E-state index contributed by atoms with van der Waals surface area (Å²) in [6.45, 7) is 5.63. The molecule has 0 aliphatic carbocycles. The Bertz CT molecular complexity index is 711. The number of fused-ring (bicyclic) bond motifs is 1. The number of anilines is 1. The van der Waals surface area contributed by atoms with E-state index in [1.165, 1.54) is 6.33 Å². The number of nitrogens with zero attached hydrogens (tertiary/aromatic N) is 6. The minimum absolute atomic E-state index is 0.533. The highest BCUT2D eigenvalue weighted by molar-refractivity contribution is 5.90. The maximum atomic E-state index is 5.94. The Balaban J connectivity index is 2.03. The van der Waals surface area contributed by atoms with E-state index in [0.717, 1.165) is 35.4 Å². The number of nitrogen functional groups attached to an aromatic ring is 1. The van der Waals surface area contributed by atoms with Gasteiger partial charge in [-0.2, -0.15) is 0 Å². The molecule has 0 radical (unpaired) electrons. The largest absolute Gasteiger partial charge is 0.383 e. The van der Waals surface area contributed by atoms with E-state index in [-0.39, 0.29) is 0 Å². The lowest BCUT2D eigenvalue weighted by molar-refractivity contribution is 0.520. The summed E-state index contributed by atoms with van der Waals surface area (Å²) in [6.07, 6.45) is 5.02. The van der Waals surface area contributed by atoms with E-state index in [4.69, 9.17) is 5.73 Å². The molecule has 3 aromatic heterocycles. The van der Waals surface area contributed by atoms with Crippen molar-refractivity contribution in [3.05, 3.63) is 30.0 Å². The molecule has 19 heavy (non-hydrogen) atoms. The summed E-state index contributed by atoms with van der Waals surface area (Å²) in [5.74, 6) is 0.533. The molecular formula is C12H15N7. The minimum atomic E-state index is 0.533. The Kier molecular flexibility index (Phi) is 2.66. The summed E-state index contributed by atoms with van der Waals surface area (Å²) in [4.78, 5) is 8.41. The van der Waals surface area contributed by atoms with Gasteiger partial charge in [0.2, 0.25) is 0 Å². The van der Waals surface area contributed by atoms with Gasteiger partial charge in [-0.1, -0.05) is 5.21 Å². The van der Waals surface area contributed by atoms with Crippen molar-refractivity contribution in [3.8, 4) is 0 Å². The molecule has 7 heteroatoms. The van der Waals surface area contributed by atoms with Gasteiger partial charge in [-0.25, -0.2) is 9.97 Å². The van der Waals surface area contributed by atoms with Gasteiger partial charge in [0, 0.05) is 18.4 Å². The summed E-state index contributed by atoms with van der Waals surface area (Å²) in [6, 6.07) is 0. The molecule has 2 N–H and O–H groups in total. The molecule has 0 amide bonds. The number of hydrogen-bond donors (Lipinski definition) is 1. The van der Waals surface area contributed by atoms with Gasteiger partial charge in [0.05, 0.1) is 18.1 Å². The highest BCUT2D eigenvalue weighted by Crippen LogP contribution is 2.26. The SMILES string of the molecule is Cc1c(C)n(CCn2ccnn2)c2ncnc(N)c12. The average Bonchev–Trinajstić information content (AvgIpc) is 2.98. The van der Waals surface area contributed by atoms with Crippen LogP contribution in [-0.2, 0) is 13.1 Å². The Labute approximate surface area is 110 Å². The molecule has 98 valence electrons. The normalized spacial score (nSPS) is 11.3. The van der Waals surface area contributed by atoms with Crippen molar-refractivity contribution in [1.82, 2.24) is 29.5 Å². The maximum absolute atomic E-state index is 5.94. The summed E-state index contributed by atoms with van der Waals surface area (Å²) in [5.41, 5.74) is 9.10. The first-order valence-corrected chi connectivity index (χ1v) is 6.08. The van der Waals surface area contributed by atoms with Crippen LogP contribution in [0, 0.1) is 13.8 Å². The molecule has 0 aliphatic rings. The van der Waals surface area contributed by atoms with Crippen LogP contribution in [-0.4, -0.2) is 29.5 Å². The topological polar surface area (TPSA) is 87.4 Å². The highest BCUT2D eigenvalue weighted by Gasteiger charge is 2.14. The summed E-state index contributed by atoms with van der Waals surface area (Å²) >= 11 is 0. The lowest BCUT2D eigenvalue weighted by Crippen LogP contribution is -2.10. The van der Waals surface area contributed by atoms with Crippen LogP contribution < -0.4 is 5.73 Å². The van der Waals surface area contributed by atoms with Crippen molar-refractivity contribution >= 4 is 16.9 Å². The van der Waals surface area contributed by atoms with E-state index in [1.807, 2.05) is 13.1 Å². The van der Waals surface area contributed by atoms with Gasteiger partial charge in [-0.05, 0) is 19.4 Å². The fourth-order valence-electron chi connectivity index (χ4n) is 2.32. The van der Waals surface area contributed by atoms with Crippen LogP contribution in [0.5, 0.6) is 0 Å². The molecule has 0 spiro atoms. The first kappa shape index (κ1) is 11.6. The van der Waals surface area contributed by atoms with E-state index in [0.29, 0.717) is 5.82 Å². The third kappa shape index (κ3) is 1.83. The molecule has 3 aromatic rings. The van der Waals surface area contributed by atoms with Crippen LogP contribution in [0.25, 0.3) is 11.0 Å². The third-order valence-corrected chi connectivity index (χ3v) is 3.46. The fourth-order valence-corrected chi connectivity index (χ4v) is 2.32. The second kappa shape index (κ2) is 4.34. The summed E-state index contributed by atoms with van der Waals surface area (Å²) in [7, 11) is 0. The Morgan fingerprint density at radius 1 is 1.21 bits per heavy atom. The zero-order valence-electron chi connectivity index (χ0n) is 10.9. The smallest absolute Gasteiger partial charge is 0.146 e. The van der Waals surface area contributed by atoms with Gasteiger partial charge in [0.25, 0.3) is 0 Å². The molecule has 0 bridgehead atoms. The fraction of sp³-hybridized carbons (Fsp3) is 0.333. The van der Waals surface area contributed by atoms with Gasteiger partial charge in [-0.15, -0.1) is 5.10 Å². The number of aryl methyl sites for hydroxylation is 3. The average molecular weight is 257 g/mol. The standard InChI is InChI=1S/C12H15N7/c1-8-9(2)19(6-5-18-4-3-16-17-18)12-10(8)11(13)14-7-15-12/h3-4,7H,5-6H2,1-2H3,(H2,13,14,15). The molecule has 0 aromatic carbocycles. The molecule has 7 nitrogen and oxygen atoms in total. The van der Waals surface area contributed by atoms with Gasteiger partial charge in [0.1, 0.15) is 17.8 Å². The first-order chi connectivity index (χ1) is 9.18. The van der Waals surface area contributed by atoms with Crippen molar-refractivity contribution in [1.29, 1.82) is 0 Å². The van der Waals surface area contributed by atoms with Crippen LogP contribution in [0.4, 0.5) is 5.82 Å². The Morgan fingerprint density at radius 3 is 2.79 bits per heavy atom. The zero-order valence-corrected chi connectivity index (χ0v) is 10.9. The second-order valence-corrected chi connectivity index (χ2v) is 4.49. The van der Waals surface area contributed by atoms with Gasteiger partial charge >= 0.3 is 0 Å². The number of rotatable bonds is 3. The van der Waals surface area contributed by atoms with Gasteiger partial charge in [-0.3, -0.25) is 4.68 Å².